The average Bonchev–Trinajstić information content (AvgIpc) is 2.14. The lowest BCUT2D eigenvalue weighted by atomic mass is 10.3. The number of nitrogen functional groups attached to an aromatic ring is 1. The molecule has 0 aliphatic heterocycles. The second kappa shape index (κ2) is 5.83. The molecule has 0 aliphatic rings. The van der Waals surface area contributed by atoms with Gasteiger partial charge in [0.2, 0.25) is 0 Å². The van der Waals surface area contributed by atoms with Crippen LogP contribution in [0.4, 0.5) is 5.69 Å². The first-order valence-corrected chi connectivity index (χ1v) is 5.27. The molecule has 0 unspecified atom stereocenters. The smallest absolute Gasteiger partial charge is 0.142 e. The molecule has 84 valence electrons. The molecule has 2 N–H and O–H groups in total. The van der Waals surface area contributed by atoms with Crippen molar-refractivity contribution in [3.05, 3.63) is 23.2 Å². The van der Waals surface area contributed by atoms with Gasteiger partial charge in [-0.1, -0.05) is 11.6 Å². The minimum Gasteiger partial charge on any atom is -0.489 e. The third-order valence-corrected chi connectivity index (χ3v) is 2.00. The van der Waals surface area contributed by atoms with E-state index in [-0.39, 0.29) is 6.10 Å². The van der Waals surface area contributed by atoms with E-state index >= 15 is 0 Å². The van der Waals surface area contributed by atoms with E-state index in [2.05, 4.69) is 0 Å². The molecule has 0 radical (unpaired) electrons. The second-order valence-electron chi connectivity index (χ2n) is 3.45. The van der Waals surface area contributed by atoms with Crippen LogP contribution in [0.3, 0.4) is 0 Å². The number of halogens is 1. The zero-order valence-corrected chi connectivity index (χ0v) is 9.75. The molecule has 0 saturated carbocycles. The average molecular weight is 230 g/mol. The Morgan fingerprint density at radius 2 is 2.07 bits per heavy atom. The number of rotatable bonds is 5. The Morgan fingerprint density at radius 3 is 2.67 bits per heavy atom. The van der Waals surface area contributed by atoms with Crippen molar-refractivity contribution in [2.45, 2.75) is 20.0 Å². The summed E-state index contributed by atoms with van der Waals surface area (Å²) in [7, 11) is 0. The summed E-state index contributed by atoms with van der Waals surface area (Å²) in [5.74, 6) is 0.645. The van der Waals surface area contributed by atoms with Crippen LogP contribution in [-0.2, 0) is 4.74 Å². The van der Waals surface area contributed by atoms with Gasteiger partial charge in [-0.25, -0.2) is 0 Å². The van der Waals surface area contributed by atoms with Gasteiger partial charge in [0.05, 0.1) is 18.4 Å². The highest BCUT2D eigenvalue weighted by Gasteiger charge is 2.01. The molecule has 15 heavy (non-hydrogen) atoms. The number of anilines is 1. The molecule has 1 rings (SSSR count). The first kappa shape index (κ1) is 12.1. The first-order chi connectivity index (χ1) is 7.09. The molecule has 0 aromatic heterocycles. The molecule has 0 spiro atoms. The maximum absolute atomic E-state index is 5.76. The SMILES string of the molecule is CC(C)OCCOc1ccc(Cl)cc1N. The highest BCUT2D eigenvalue weighted by molar-refractivity contribution is 6.30. The van der Waals surface area contributed by atoms with Crippen molar-refractivity contribution in [3.8, 4) is 5.75 Å². The van der Waals surface area contributed by atoms with Gasteiger partial charge in [0, 0.05) is 5.02 Å². The lowest BCUT2D eigenvalue weighted by Gasteiger charge is -2.10. The molecule has 3 nitrogen and oxygen atoms in total. The van der Waals surface area contributed by atoms with Gasteiger partial charge in [-0.3, -0.25) is 0 Å². The van der Waals surface area contributed by atoms with Gasteiger partial charge in [0.15, 0.2) is 0 Å². The topological polar surface area (TPSA) is 44.5 Å². The summed E-state index contributed by atoms with van der Waals surface area (Å²) in [6.45, 7) is 5.01. The predicted molar refractivity (Wildman–Crippen MR) is 62.4 cm³/mol. The summed E-state index contributed by atoms with van der Waals surface area (Å²) < 4.78 is 10.8. The fraction of sp³-hybridized carbons (Fsp3) is 0.455. The van der Waals surface area contributed by atoms with E-state index in [1.54, 1.807) is 18.2 Å². The number of hydrogen-bond acceptors (Lipinski definition) is 3. The summed E-state index contributed by atoms with van der Waals surface area (Å²) in [6.07, 6.45) is 0.219. The van der Waals surface area contributed by atoms with Crippen molar-refractivity contribution in [2.75, 3.05) is 18.9 Å². The van der Waals surface area contributed by atoms with Crippen LogP contribution in [0.1, 0.15) is 13.8 Å². The molecule has 1 aromatic carbocycles. The van der Waals surface area contributed by atoms with E-state index < -0.39 is 0 Å². The fourth-order valence-electron chi connectivity index (χ4n) is 1.09. The Hall–Kier alpha value is -0.930. The molecule has 0 aliphatic carbocycles. The third kappa shape index (κ3) is 4.40. The highest BCUT2D eigenvalue weighted by atomic mass is 35.5. The second-order valence-corrected chi connectivity index (χ2v) is 3.89. The summed E-state index contributed by atoms with van der Waals surface area (Å²) >= 11 is 5.76. The molecule has 0 fully saturated rings. The Kier molecular flexibility index (Phi) is 4.72. The summed E-state index contributed by atoms with van der Waals surface area (Å²) in [5, 5.41) is 0.610. The van der Waals surface area contributed by atoms with Gasteiger partial charge in [-0.2, -0.15) is 0 Å². The summed E-state index contributed by atoms with van der Waals surface area (Å²) in [5.41, 5.74) is 6.26. The first-order valence-electron chi connectivity index (χ1n) is 4.89. The van der Waals surface area contributed by atoms with Crippen molar-refractivity contribution in [2.24, 2.45) is 0 Å². The number of benzene rings is 1. The Morgan fingerprint density at radius 1 is 1.33 bits per heavy atom. The normalized spacial score (nSPS) is 10.7. The molecule has 0 amide bonds. The van der Waals surface area contributed by atoms with Crippen molar-refractivity contribution in [1.29, 1.82) is 0 Å². The van der Waals surface area contributed by atoms with Crippen LogP contribution < -0.4 is 10.5 Å². The lowest BCUT2D eigenvalue weighted by Crippen LogP contribution is -2.11. The Balaban J connectivity index is 2.37. The van der Waals surface area contributed by atoms with Crippen LogP contribution >= 0.6 is 11.6 Å². The minimum absolute atomic E-state index is 0.219. The van der Waals surface area contributed by atoms with Crippen molar-refractivity contribution >= 4 is 17.3 Å². The molecule has 0 bridgehead atoms. The van der Waals surface area contributed by atoms with Gasteiger partial charge >= 0.3 is 0 Å². The van der Waals surface area contributed by atoms with Crippen LogP contribution in [0, 0.1) is 0 Å². The van der Waals surface area contributed by atoms with Crippen molar-refractivity contribution < 1.29 is 9.47 Å². The molecule has 4 heteroatoms. The molecule has 1 aromatic rings. The van der Waals surface area contributed by atoms with Gasteiger partial charge in [-0.05, 0) is 32.0 Å². The largest absolute Gasteiger partial charge is 0.489 e. The van der Waals surface area contributed by atoms with E-state index in [0.717, 1.165) is 0 Å². The quantitative estimate of drug-likeness (QED) is 0.624. The number of ether oxygens (including phenoxy) is 2. The van der Waals surface area contributed by atoms with Gasteiger partial charge in [0.1, 0.15) is 12.4 Å². The van der Waals surface area contributed by atoms with Crippen molar-refractivity contribution in [1.82, 2.24) is 0 Å². The van der Waals surface area contributed by atoms with Gasteiger partial charge < -0.3 is 15.2 Å². The van der Waals surface area contributed by atoms with E-state index in [1.165, 1.54) is 0 Å². The highest BCUT2D eigenvalue weighted by Crippen LogP contribution is 2.24. The molecular weight excluding hydrogens is 214 g/mol. The maximum Gasteiger partial charge on any atom is 0.142 e. The fourth-order valence-corrected chi connectivity index (χ4v) is 1.27. The predicted octanol–water partition coefficient (Wildman–Crippen LogP) is 2.73. The molecule has 0 atom stereocenters. The lowest BCUT2D eigenvalue weighted by molar-refractivity contribution is 0.0554. The van der Waals surface area contributed by atoms with Crippen LogP contribution in [0.25, 0.3) is 0 Å². The molecule has 0 saturated heterocycles. The van der Waals surface area contributed by atoms with Gasteiger partial charge in [0.25, 0.3) is 0 Å². The Labute approximate surface area is 95.1 Å². The van der Waals surface area contributed by atoms with Crippen LogP contribution in [0.5, 0.6) is 5.75 Å². The van der Waals surface area contributed by atoms with E-state index in [1.807, 2.05) is 13.8 Å². The van der Waals surface area contributed by atoms with E-state index in [9.17, 15) is 0 Å². The van der Waals surface area contributed by atoms with E-state index in [4.69, 9.17) is 26.8 Å². The summed E-state index contributed by atoms with van der Waals surface area (Å²) in [4.78, 5) is 0. The van der Waals surface area contributed by atoms with E-state index in [0.29, 0.717) is 29.7 Å². The van der Waals surface area contributed by atoms with Crippen LogP contribution in [-0.4, -0.2) is 19.3 Å². The summed E-state index contributed by atoms with van der Waals surface area (Å²) in [6, 6.07) is 5.17. The zero-order valence-electron chi connectivity index (χ0n) is 9.00. The standard InChI is InChI=1S/C11H16ClNO2/c1-8(2)14-5-6-15-11-4-3-9(12)7-10(11)13/h3-4,7-8H,5-6,13H2,1-2H3. The Bertz CT molecular complexity index is 315. The third-order valence-electron chi connectivity index (χ3n) is 1.76. The van der Waals surface area contributed by atoms with Gasteiger partial charge in [-0.15, -0.1) is 0 Å². The molecule has 0 heterocycles. The monoisotopic (exact) mass is 229 g/mol. The minimum atomic E-state index is 0.219. The number of hydrogen-bond donors (Lipinski definition) is 1. The van der Waals surface area contributed by atoms with Crippen LogP contribution in [0.2, 0.25) is 5.02 Å². The maximum atomic E-state index is 5.76. The molecular formula is C11H16ClNO2. The number of nitrogens with two attached hydrogens (primary N) is 1. The van der Waals surface area contributed by atoms with Crippen LogP contribution in [0.15, 0.2) is 18.2 Å². The zero-order chi connectivity index (χ0) is 11.3. The van der Waals surface area contributed by atoms with Crippen molar-refractivity contribution in [3.63, 3.8) is 0 Å².